The third-order valence-corrected chi connectivity index (χ3v) is 5.34. The maximum atomic E-state index is 12.7. The molecule has 1 aromatic heterocycles. The van der Waals surface area contributed by atoms with Gasteiger partial charge in [-0.15, -0.1) is 10.2 Å². The first-order valence-corrected chi connectivity index (χ1v) is 8.97. The molecule has 0 aliphatic rings. The predicted molar refractivity (Wildman–Crippen MR) is 91.0 cm³/mol. The Kier molecular flexibility index (Phi) is 4.78. The Morgan fingerprint density at radius 1 is 0.960 bits per heavy atom. The van der Waals surface area contributed by atoms with Gasteiger partial charge in [-0.2, -0.15) is 0 Å². The number of sulfone groups is 1. The van der Waals surface area contributed by atoms with E-state index in [1.165, 1.54) is 25.3 Å². The maximum Gasteiger partial charge on any atom is 0.239 e. The Labute approximate surface area is 145 Å². The fraction of sp³-hybridized carbons (Fsp3) is 0.111. The van der Waals surface area contributed by atoms with E-state index in [1.807, 2.05) is 6.07 Å². The quantitative estimate of drug-likeness (QED) is 0.755. The van der Waals surface area contributed by atoms with E-state index in [1.54, 1.807) is 42.5 Å². The fourth-order valence-corrected chi connectivity index (χ4v) is 3.58. The van der Waals surface area contributed by atoms with Gasteiger partial charge in [0.25, 0.3) is 0 Å². The monoisotopic (exact) mass is 356 g/mol. The largest absolute Gasteiger partial charge is 0.480 e. The van der Waals surface area contributed by atoms with Crippen LogP contribution in [0.2, 0.25) is 0 Å². The van der Waals surface area contributed by atoms with Crippen LogP contribution in [0.3, 0.4) is 0 Å². The summed E-state index contributed by atoms with van der Waals surface area (Å²) in [7, 11) is -2.46. The van der Waals surface area contributed by atoms with Crippen molar-refractivity contribution in [3.05, 3.63) is 77.9 Å². The van der Waals surface area contributed by atoms with Gasteiger partial charge in [-0.1, -0.05) is 48.5 Å². The second kappa shape index (κ2) is 7.00. The van der Waals surface area contributed by atoms with Crippen molar-refractivity contribution in [3.63, 3.8) is 0 Å². The SMILES string of the molecule is COc1nnc(S(=O)(=O)c2ccccc2)cc1C(O)c1ccccc1. The Morgan fingerprint density at radius 2 is 1.56 bits per heavy atom. The Morgan fingerprint density at radius 3 is 2.16 bits per heavy atom. The van der Waals surface area contributed by atoms with Crippen LogP contribution in [0.5, 0.6) is 5.88 Å². The second-order valence-corrected chi connectivity index (χ2v) is 7.17. The first-order valence-electron chi connectivity index (χ1n) is 7.49. The molecule has 1 N–H and O–H groups in total. The molecule has 0 fully saturated rings. The van der Waals surface area contributed by atoms with Crippen LogP contribution in [-0.2, 0) is 9.84 Å². The van der Waals surface area contributed by atoms with Crippen molar-refractivity contribution in [2.24, 2.45) is 0 Å². The number of benzene rings is 2. The molecule has 0 saturated heterocycles. The van der Waals surface area contributed by atoms with E-state index >= 15 is 0 Å². The third-order valence-electron chi connectivity index (χ3n) is 3.70. The number of methoxy groups -OCH3 is 1. The molecular weight excluding hydrogens is 340 g/mol. The lowest BCUT2D eigenvalue weighted by atomic mass is 10.0. The average Bonchev–Trinajstić information content (AvgIpc) is 2.68. The number of hydrogen-bond acceptors (Lipinski definition) is 6. The van der Waals surface area contributed by atoms with E-state index < -0.39 is 15.9 Å². The summed E-state index contributed by atoms with van der Waals surface area (Å²) in [5.74, 6) is 0.0726. The zero-order valence-electron chi connectivity index (χ0n) is 13.4. The molecule has 0 bridgehead atoms. The van der Waals surface area contributed by atoms with Crippen molar-refractivity contribution < 1.29 is 18.3 Å². The zero-order valence-corrected chi connectivity index (χ0v) is 14.2. The van der Waals surface area contributed by atoms with Crippen molar-refractivity contribution in [2.45, 2.75) is 16.0 Å². The van der Waals surface area contributed by atoms with Gasteiger partial charge in [0.15, 0.2) is 5.03 Å². The molecule has 3 aromatic rings. The summed E-state index contributed by atoms with van der Waals surface area (Å²) in [6.45, 7) is 0. The number of aliphatic hydroxyl groups is 1. The van der Waals surface area contributed by atoms with Gasteiger partial charge in [0.1, 0.15) is 6.10 Å². The van der Waals surface area contributed by atoms with Crippen LogP contribution in [0.4, 0.5) is 0 Å². The molecular formula is C18H16N2O4S. The summed E-state index contributed by atoms with van der Waals surface area (Å²) in [6, 6.07) is 18.1. The van der Waals surface area contributed by atoms with Gasteiger partial charge in [0.05, 0.1) is 17.6 Å². The lowest BCUT2D eigenvalue weighted by Gasteiger charge is -2.15. The number of aliphatic hydroxyl groups excluding tert-OH is 1. The highest BCUT2D eigenvalue weighted by Gasteiger charge is 2.25. The molecule has 6 nitrogen and oxygen atoms in total. The molecule has 1 heterocycles. The standard InChI is InChI=1S/C18H16N2O4S/c1-24-18-15(17(21)13-8-4-2-5-9-13)12-16(19-20-18)25(22,23)14-10-6-3-7-11-14/h2-12,17,21H,1H3. The Bertz CT molecular complexity index is 961. The van der Waals surface area contributed by atoms with Crippen molar-refractivity contribution in [1.29, 1.82) is 0 Å². The molecule has 7 heteroatoms. The number of aromatic nitrogens is 2. The van der Waals surface area contributed by atoms with Gasteiger partial charge >= 0.3 is 0 Å². The highest BCUT2D eigenvalue weighted by Crippen LogP contribution is 2.30. The molecule has 1 atom stereocenters. The molecule has 0 spiro atoms. The van der Waals surface area contributed by atoms with E-state index in [2.05, 4.69) is 10.2 Å². The fourth-order valence-electron chi connectivity index (χ4n) is 2.40. The van der Waals surface area contributed by atoms with Gasteiger partial charge < -0.3 is 9.84 Å². The van der Waals surface area contributed by atoms with Gasteiger partial charge in [0.2, 0.25) is 15.7 Å². The van der Waals surface area contributed by atoms with Gasteiger partial charge in [0, 0.05) is 0 Å². The number of rotatable bonds is 5. The van der Waals surface area contributed by atoms with Crippen LogP contribution in [0.1, 0.15) is 17.2 Å². The van der Waals surface area contributed by atoms with Crippen molar-refractivity contribution in [3.8, 4) is 5.88 Å². The van der Waals surface area contributed by atoms with Gasteiger partial charge in [-0.3, -0.25) is 0 Å². The van der Waals surface area contributed by atoms with Crippen LogP contribution in [0.15, 0.2) is 76.7 Å². The van der Waals surface area contributed by atoms with Crippen LogP contribution in [0, 0.1) is 0 Å². The topological polar surface area (TPSA) is 89.4 Å². The first-order chi connectivity index (χ1) is 12.0. The van der Waals surface area contributed by atoms with E-state index in [-0.39, 0.29) is 21.4 Å². The number of nitrogens with zero attached hydrogens (tertiary/aromatic N) is 2. The molecule has 0 amide bonds. The van der Waals surface area contributed by atoms with Gasteiger partial charge in [-0.25, -0.2) is 8.42 Å². The molecule has 3 rings (SSSR count). The second-order valence-electron chi connectivity index (χ2n) is 5.28. The molecule has 0 aliphatic carbocycles. The molecule has 25 heavy (non-hydrogen) atoms. The minimum Gasteiger partial charge on any atom is -0.480 e. The molecule has 128 valence electrons. The Hall–Kier alpha value is -2.77. The molecule has 2 aromatic carbocycles. The summed E-state index contributed by atoms with van der Waals surface area (Å²) in [5, 5.41) is 18.0. The van der Waals surface area contributed by atoms with E-state index in [0.717, 1.165) is 0 Å². The number of hydrogen-bond donors (Lipinski definition) is 1. The number of ether oxygens (including phenoxy) is 1. The van der Waals surface area contributed by atoms with Crippen LogP contribution < -0.4 is 4.74 Å². The highest BCUT2D eigenvalue weighted by atomic mass is 32.2. The van der Waals surface area contributed by atoms with Crippen molar-refractivity contribution >= 4 is 9.84 Å². The molecule has 0 saturated carbocycles. The Balaban J connectivity index is 2.10. The zero-order chi connectivity index (χ0) is 17.9. The minimum absolute atomic E-state index is 0.0726. The van der Waals surface area contributed by atoms with Crippen molar-refractivity contribution in [1.82, 2.24) is 10.2 Å². The normalized spacial score (nSPS) is 12.6. The maximum absolute atomic E-state index is 12.7. The lowest BCUT2D eigenvalue weighted by Crippen LogP contribution is -2.11. The lowest BCUT2D eigenvalue weighted by molar-refractivity contribution is 0.212. The van der Waals surface area contributed by atoms with Gasteiger partial charge in [-0.05, 0) is 23.8 Å². The highest BCUT2D eigenvalue weighted by molar-refractivity contribution is 7.91. The van der Waals surface area contributed by atoms with Crippen molar-refractivity contribution in [2.75, 3.05) is 7.11 Å². The molecule has 0 radical (unpaired) electrons. The molecule has 0 aliphatic heterocycles. The summed E-state index contributed by atoms with van der Waals surface area (Å²) in [5.41, 5.74) is 0.829. The van der Waals surface area contributed by atoms with Crippen LogP contribution in [0.25, 0.3) is 0 Å². The third kappa shape index (κ3) is 3.38. The minimum atomic E-state index is -3.84. The summed E-state index contributed by atoms with van der Waals surface area (Å²) < 4.78 is 30.6. The summed E-state index contributed by atoms with van der Waals surface area (Å²) in [6.07, 6.45) is -1.09. The predicted octanol–water partition coefficient (Wildman–Crippen LogP) is 2.40. The molecule has 1 unspecified atom stereocenters. The average molecular weight is 356 g/mol. The van der Waals surface area contributed by atoms with Crippen LogP contribution >= 0.6 is 0 Å². The summed E-state index contributed by atoms with van der Waals surface area (Å²) in [4.78, 5) is 0.106. The summed E-state index contributed by atoms with van der Waals surface area (Å²) >= 11 is 0. The van der Waals surface area contributed by atoms with E-state index in [9.17, 15) is 13.5 Å². The van der Waals surface area contributed by atoms with Crippen LogP contribution in [-0.4, -0.2) is 30.8 Å². The smallest absolute Gasteiger partial charge is 0.239 e. The van der Waals surface area contributed by atoms with E-state index in [0.29, 0.717) is 5.56 Å². The first kappa shape index (κ1) is 17.1. The van der Waals surface area contributed by atoms with E-state index in [4.69, 9.17) is 4.74 Å².